The fraction of sp³-hybridized carbons (Fsp3) is 0.167. The van der Waals surface area contributed by atoms with Crippen LogP contribution in [0.1, 0.15) is 12.8 Å². The predicted molar refractivity (Wildman–Crippen MR) is 93.1 cm³/mol. The SMILES string of the molecule is C[C@@H](Oc1ccc(F)cc1)C(=O)NCc1nc(-c2ccc(Cl)cc2)no1. The number of halogens is 2. The molecule has 1 amide bonds. The van der Waals surface area contributed by atoms with Crippen LogP contribution < -0.4 is 10.1 Å². The first-order valence-electron chi connectivity index (χ1n) is 7.80. The summed E-state index contributed by atoms with van der Waals surface area (Å²) in [5.41, 5.74) is 0.753. The van der Waals surface area contributed by atoms with Crippen LogP contribution in [-0.2, 0) is 11.3 Å². The van der Waals surface area contributed by atoms with Crippen molar-refractivity contribution in [3.8, 4) is 17.1 Å². The van der Waals surface area contributed by atoms with Gasteiger partial charge in [-0.3, -0.25) is 4.79 Å². The molecule has 1 heterocycles. The highest BCUT2D eigenvalue weighted by atomic mass is 35.5. The lowest BCUT2D eigenvalue weighted by atomic mass is 10.2. The van der Waals surface area contributed by atoms with Crippen LogP contribution in [0.5, 0.6) is 5.75 Å². The molecule has 0 aliphatic carbocycles. The van der Waals surface area contributed by atoms with E-state index < -0.39 is 6.10 Å². The molecule has 0 spiro atoms. The van der Waals surface area contributed by atoms with Crippen molar-refractivity contribution in [2.45, 2.75) is 19.6 Å². The third kappa shape index (κ3) is 4.58. The highest BCUT2D eigenvalue weighted by Gasteiger charge is 2.16. The average Bonchev–Trinajstić information content (AvgIpc) is 3.11. The number of rotatable bonds is 6. The Morgan fingerprint density at radius 1 is 1.23 bits per heavy atom. The van der Waals surface area contributed by atoms with Crippen LogP contribution in [-0.4, -0.2) is 22.2 Å². The second-order valence-electron chi connectivity index (χ2n) is 5.45. The summed E-state index contributed by atoms with van der Waals surface area (Å²) in [5, 5.41) is 7.13. The first-order valence-corrected chi connectivity index (χ1v) is 8.17. The molecule has 3 aromatic rings. The van der Waals surface area contributed by atoms with Crippen LogP contribution in [0.4, 0.5) is 4.39 Å². The maximum absolute atomic E-state index is 12.9. The molecule has 1 N–H and O–H groups in total. The van der Waals surface area contributed by atoms with E-state index in [4.69, 9.17) is 20.9 Å². The summed E-state index contributed by atoms with van der Waals surface area (Å²) in [7, 11) is 0. The third-order valence-electron chi connectivity index (χ3n) is 3.48. The van der Waals surface area contributed by atoms with Crippen molar-refractivity contribution in [3.63, 3.8) is 0 Å². The molecule has 0 fully saturated rings. The number of ether oxygens (including phenoxy) is 1. The summed E-state index contributed by atoms with van der Waals surface area (Å²) in [5.74, 6) is 0.332. The minimum absolute atomic E-state index is 0.0660. The molecule has 0 saturated carbocycles. The first kappa shape index (κ1) is 17.9. The van der Waals surface area contributed by atoms with Gasteiger partial charge >= 0.3 is 0 Å². The first-order chi connectivity index (χ1) is 12.5. The van der Waals surface area contributed by atoms with E-state index in [1.165, 1.54) is 24.3 Å². The van der Waals surface area contributed by atoms with Crippen molar-refractivity contribution < 1.29 is 18.4 Å². The smallest absolute Gasteiger partial charge is 0.261 e. The van der Waals surface area contributed by atoms with Gasteiger partial charge < -0.3 is 14.6 Å². The summed E-state index contributed by atoms with van der Waals surface area (Å²) < 4.78 is 23.4. The van der Waals surface area contributed by atoms with Crippen molar-refractivity contribution in [1.29, 1.82) is 0 Å². The van der Waals surface area contributed by atoms with Crippen molar-refractivity contribution >= 4 is 17.5 Å². The third-order valence-corrected chi connectivity index (χ3v) is 3.73. The average molecular weight is 376 g/mol. The van der Waals surface area contributed by atoms with Crippen LogP contribution in [0, 0.1) is 5.82 Å². The van der Waals surface area contributed by atoms with E-state index in [1.54, 1.807) is 31.2 Å². The summed E-state index contributed by atoms with van der Waals surface area (Å²) in [4.78, 5) is 16.3. The second-order valence-corrected chi connectivity index (χ2v) is 5.89. The second kappa shape index (κ2) is 7.97. The highest BCUT2D eigenvalue weighted by Crippen LogP contribution is 2.18. The number of carbonyl (C=O) groups is 1. The molecule has 2 aromatic carbocycles. The van der Waals surface area contributed by atoms with Gasteiger partial charge in [0.25, 0.3) is 5.91 Å². The van der Waals surface area contributed by atoms with E-state index in [9.17, 15) is 9.18 Å². The van der Waals surface area contributed by atoms with Gasteiger partial charge in [-0.2, -0.15) is 4.98 Å². The van der Waals surface area contributed by atoms with E-state index in [0.29, 0.717) is 16.6 Å². The zero-order chi connectivity index (χ0) is 18.5. The summed E-state index contributed by atoms with van der Waals surface area (Å²) in [6, 6.07) is 12.4. The normalized spacial score (nSPS) is 11.8. The molecule has 6 nitrogen and oxygen atoms in total. The Kier molecular flexibility index (Phi) is 5.48. The Hall–Kier alpha value is -2.93. The molecule has 134 valence electrons. The Morgan fingerprint density at radius 2 is 1.92 bits per heavy atom. The number of benzene rings is 2. The molecule has 0 aliphatic heterocycles. The predicted octanol–water partition coefficient (Wildman–Crippen LogP) is 3.61. The van der Waals surface area contributed by atoms with E-state index in [-0.39, 0.29) is 24.2 Å². The number of aromatic nitrogens is 2. The van der Waals surface area contributed by atoms with Crippen LogP contribution in [0.2, 0.25) is 5.02 Å². The molecular weight excluding hydrogens is 361 g/mol. The fourth-order valence-electron chi connectivity index (χ4n) is 2.12. The number of carbonyl (C=O) groups excluding carboxylic acids is 1. The Labute approximate surface area is 153 Å². The van der Waals surface area contributed by atoms with Crippen LogP contribution in [0.3, 0.4) is 0 Å². The zero-order valence-corrected chi connectivity index (χ0v) is 14.5. The number of nitrogens with zero attached hydrogens (tertiary/aromatic N) is 2. The molecule has 1 atom stereocenters. The van der Waals surface area contributed by atoms with E-state index in [2.05, 4.69) is 15.5 Å². The molecule has 1 aromatic heterocycles. The molecular formula is C18H15ClFN3O3. The van der Waals surface area contributed by atoms with Crippen molar-refractivity contribution in [2.75, 3.05) is 0 Å². The van der Waals surface area contributed by atoms with Gasteiger partial charge in [-0.1, -0.05) is 16.8 Å². The summed E-state index contributed by atoms with van der Waals surface area (Å²) in [6.07, 6.45) is -0.765. The Balaban J connectivity index is 1.54. The van der Waals surface area contributed by atoms with Crippen molar-refractivity contribution in [1.82, 2.24) is 15.5 Å². The lowest BCUT2D eigenvalue weighted by molar-refractivity contribution is -0.127. The Bertz CT molecular complexity index is 881. The van der Waals surface area contributed by atoms with Crippen LogP contribution in [0.15, 0.2) is 53.1 Å². The van der Waals surface area contributed by atoms with Gasteiger partial charge in [0, 0.05) is 10.6 Å². The number of nitrogens with one attached hydrogen (secondary N) is 1. The largest absolute Gasteiger partial charge is 0.481 e. The minimum atomic E-state index is -0.765. The quantitative estimate of drug-likeness (QED) is 0.712. The minimum Gasteiger partial charge on any atom is -0.481 e. The van der Waals surface area contributed by atoms with Gasteiger partial charge in [0.1, 0.15) is 11.6 Å². The lowest BCUT2D eigenvalue weighted by Gasteiger charge is -2.13. The van der Waals surface area contributed by atoms with Gasteiger partial charge in [0.15, 0.2) is 6.10 Å². The van der Waals surface area contributed by atoms with Crippen molar-refractivity contribution in [3.05, 3.63) is 65.3 Å². The number of hydrogen-bond donors (Lipinski definition) is 1. The monoisotopic (exact) mass is 375 g/mol. The highest BCUT2D eigenvalue weighted by molar-refractivity contribution is 6.30. The summed E-state index contributed by atoms with van der Waals surface area (Å²) in [6.45, 7) is 1.65. The van der Waals surface area contributed by atoms with Crippen LogP contribution in [0.25, 0.3) is 11.4 Å². The fourth-order valence-corrected chi connectivity index (χ4v) is 2.25. The molecule has 8 heteroatoms. The van der Waals surface area contributed by atoms with E-state index in [1.807, 2.05) is 0 Å². The van der Waals surface area contributed by atoms with Crippen LogP contribution >= 0.6 is 11.6 Å². The maximum Gasteiger partial charge on any atom is 0.261 e. The van der Waals surface area contributed by atoms with E-state index >= 15 is 0 Å². The zero-order valence-electron chi connectivity index (χ0n) is 13.8. The molecule has 0 bridgehead atoms. The molecule has 0 radical (unpaired) electrons. The van der Waals surface area contributed by atoms with Gasteiger partial charge in [-0.25, -0.2) is 4.39 Å². The van der Waals surface area contributed by atoms with Gasteiger partial charge in [0.2, 0.25) is 11.7 Å². The van der Waals surface area contributed by atoms with Gasteiger partial charge in [0.05, 0.1) is 6.54 Å². The topological polar surface area (TPSA) is 77.2 Å². The molecule has 26 heavy (non-hydrogen) atoms. The molecule has 0 unspecified atom stereocenters. The molecule has 0 saturated heterocycles. The standard InChI is InChI=1S/C18H15ClFN3O3/c1-11(25-15-8-6-14(20)7-9-15)18(24)21-10-16-22-17(23-26-16)12-2-4-13(19)5-3-12/h2-9,11H,10H2,1H3,(H,21,24)/t11-/m1/s1. The molecule has 0 aliphatic rings. The molecule has 3 rings (SSSR count). The Morgan fingerprint density at radius 3 is 2.62 bits per heavy atom. The number of hydrogen-bond acceptors (Lipinski definition) is 5. The van der Waals surface area contributed by atoms with Gasteiger partial charge in [-0.05, 0) is 55.5 Å². The number of amides is 1. The van der Waals surface area contributed by atoms with E-state index in [0.717, 1.165) is 5.56 Å². The van der Waals surface area contributed by atoms with Gasteiger partial charge in [-0.15, -0.1) is 0 Å². The van der Waals surface area contributed by atoms with Crippen molar-refractivity contribution in [2.24, 2.45) is 0 Å². The maximum atomic E-state index is 12.9. The summed E-state index contributed by atoms with van der Waals surface area (Å²) >= 11 is 5.84. The lowest BCUT2D eigenvalue weighted by Crippen LogP contribution is -2.35.